The number of hydrogen-bond donors (Lipinski definition) is 1. The number of pyridine rings is 1. The standard InChI is InChI=1S/C25H25F4N3O/c1-17-15-20(11-12-21(17)26)32(23(24(33)30-2)19-8-4-3-5-9-19)14-6-7-18-10-13-22(31-16-18)25(27,28)29/h3-5,8-13,15-16,23H,6-7,14H2,1-2H3,(H,30,33). The number of likely N-dealkylation sites (N-methyl/N-ethyl adjacent to an activating group) is 1. The van der Waals surface area contributed by atoms with Crippen LogP contribution in [-0.4, -0.2) is 24.5 Å². The molecule has 33 heavy (non-hydrogen) atoms. The van der Waals surface area contributed by atoms with Crippen molar-refractivity contribution in [2.24, 2.45) is 0 Å². The molecule has 1 heterocycles. The highest BCUT2D eigenvalue weighted by Crippen LogP contribution is 2.30. The van der Waals surface area contributed by atoms with Crippen LogP contribution in [0.1, 0.15) is 34.8 Å². The average molecular weight is 459 g/mol. The fourth-order valence-electron chi connectivity index (χ4n) is 3.65. The first kappa shape index (κ1) is 24.2. The second kappa shape index (κ2) is 10.5. The Bertz CT molecular complexity index is 1070. The monoisotopic (exact) mass is 459 g/mol. The van der Waals surface area contributed by atoms with Crippen LogP contribution < -0.4 is 10.2 Å². The molecule has 1 amide bonds. The number of amides is 1. The Balaban J connectivity index is 1.87. The van der Waals surface area contributed by atoms with Gasteiger partial charge in [0.1, 0.15) is 17.6 Å². The molecule has 3 aromatic rings. The van der Waals surface area contributed by atoms with Gasteiger partial charge >= 0.3 is 6.18 Å². The molecule has 0 saturated heterocycles. The minimum absolute atomic E-state index is 0.223. The van der Waals surface area contributed by atoms with Gasteiger partial charge in [-0.3, -0.25) is 9.78 Å². The third kappa shape index (κ3) is 6.09. The van der Waals surface area contributed by atoms with E-state index in [1.807, 2.05) is 35.2 Å². The average Bonchev–Trinajstić information content (AvgIpc) is 2.80. The van der Waals surface area contributed by atoms with Gasteiger partial charge in [-0.15, -0.1) is 0 Å². The molecule has 1 aromatic heterocycles. The van der Waals surface area contributed by atoms with E-state index in [0.717, 1.165) is 11.6 Å². The van der Waals surface area contributed by atoms with E-state index in [2.05, 4.69) is 10.3 Å². The number of nitrogens with zero attached hydrogens (tertiary/aromatic N) is 2. The number of anilines is 1. The number of carbonyl (C=O) groups excluding carboxylic acids is 1. The summed E-state index contributed by atoms with van der Waals surface area (Å²) >= 11 is 0. The highest BCUT2D eigenvalue weighted by molar-refractivity contribution is 5.86. The topological polar surface area (TPSA) is 45.2 Å². The molecule has 0 aliphatic rings. The molecule has 0 fully saturated rings. The maximum Gasteiger partial charge on any atom is 0.433 e. The summed E-state index contributed by atoms with van der Waals surface area (Å²) in [4.78, 5) is 18.3. The summed E-state index contributed by atoms with van der Waals surface area (Å²) in [6.07, 6.45) is -2.24. The minimum atomic E-state index is -4.48. The predicted molar refractivity (Wildman–Crippen MR) is 119 cm³/mol. The van der Waals surface area contributed by atoms with Gasteiger partial charge in [-0.25, -0.2) is 4.39 Å². The van der Waals surface area contributed by atoms with Gasteiger partial charge in [-0.2, -0.15) is 13.2 Å². The van der Waals surface area contributed by atoms with Gasteiger partial charge in [0, 0.05) is 25.5 Å². The first-order chi connectivity index (χ1) is 15.7. The first-order valence-electron chi connectivity index (χ1n) is 10.5. The van der Waals surface area contributed by atoms with Crippen LogP contribution in [-0.2, 0) is 17.4 Å². The van der Waals surface area contributed by atoms with Crippen molar-refractivity contribution < 1.29 is 22.4 Å². The Morgan fingerprint density at radius 3 is 2.39 bits per heavy atom. The number of carbonyl (C=O) groups is 1. The Morgan fingerprint density at radius 1 is 1.09 bits per heavy atom. The first-order valence-corrected chi connectivity index (χ1v) is 10.5. The Labute approximate surface area is 190 Å². The summed E-state index contributed by atoms with van der Waals surface area (Å²) in [5.74, 6) is -0.565. The van der Waals surface area contributed by atoms with E-state index in [4.69, 9.17) is 0 Å². The number of hydrogen-bond acceptors (Lipinski definition) is 3. The number of rotatable bonds is 8. The van der Waals surface area contributed by atoms with Crippen LogP contribution in [0.3, 0.4) is 0 Å². The van der Waals surface area contributed by atoms with Crippen LogP contribution >= 0.6 is 0 Å². The zero-order valence-electron chi connectivity index (χ0n) is 18.4. The minimum Gasteiger partial charge on any atom is -0.357 e. The summed E-state index contributed by atoms with van der Waals surface area (Å²) in [6, 6.07) is 15.6. The molecule has 0 radical (unpaired) electrons. The van der Waals surface area contributed by atoms with Gasteiger partial charge in [0.05, 0.1) is 0 Å². The molecule has 1 atom stereocenters. The lowest BCUT2D eigenvalue weighted by atomic mass is 10.0. The summed E-state index contributed by atoms with van der Waals surface area (Å²) in [6.45, 7) is 2.07. The number of aryl methyl sites for hydroxylation is 2. The quantitative estimate of drug-likeness (QED) is 0.454. The maximum absolute atomic E-state index is 13.9. The molecule has 4 nitrogen and oxygen atoms in total. The van der Waals surface area contributed by atoms with Crippen molar-refractivity contribution in [3.8, 4) is 0 Å². The van der Waals surface area contributed by atoms with E-state index in [9.17, 15) is 22.4 Å². The van der Waals surface area contributed by atoms with E-state index in [-0.39, 0.29) is 11.7 Å². The molecule has 0 saturated carbocycles. The van der Waals surface area contributed by atoms with E-state index >= 15 is 0 Å². The van der Waals surface area contributed by atoms with Gasteiger partial charge in [0.15, 0.2) is 0 Å². The summed E-state index contributed by atoms with van der Waals surface area (Å²) < 4.78 is 52.2. The fourth-order valence-corrected chi connectivity index (χ4v) is 3.65. The van der Waals surface area contributed by atoms with Crippen molar-refractivity contribution in [1.29, 1.82) is 0 Å². The van der Waals surface area contributed by atoms with Crippen molar-refractivity contribution in [1.82, 2.24) is 10.3 Å². The number of benzene rings is 2. The fraction of sp³-hybridized carbons (Fsp3) is 0.280. The number of halogens is 4. The van der Waals surface area contributed by atoms with Crippen LogP contribution in [0.15, 0.2) is 66.9 Å². The smallest absolute Gasteiger partial charge is 0.357 e. The number of nitrogens with one attached hydrogen (secondary N) is 1. The van der Waals surface area contributed by atoms with Crippen LogP contribution in [0, 0.1) is 12.7 Å². The molecule has 2 aromatic carbocycles. The van der Waals surface area contributed by atoms with E-state index in [1.165, 1.54) is 18.3 Å². The van der Waals surface area contributed by atoms with E-state index in [1.54, 1.807) is 26.1 Å². The van der Waals surface area contributed by atoms with Crippen molar-refractivity contribution in [3.05, 3.63) is 95.1 Å². The molecule has 0 aliphatic carbocycles. The third-order valence-electron chi connectivity index (χ3n) is 5.37. The van der Waals surface area contributed by atoms with Crippen LogP contribution in [0.25, 0.3) is 0 Å². The summed E-state index contributed by atoms with van der Waals surface area (Å²) in [7, 11) is 1.56. The lowest BCUT2D eigenvalue weighted by Crippen LogP contribution is -2.40. The van der Waals surface area contributed by atoms with Gasteiger partial charge in [-0.05, 0) is 60.7 Å². The van der Waals surface area contributed by atoms with Gasteiger partial charge in [-0.1, -0.05) is 36.4 Å². The molecule has 3 rings (SSSR count). The maximum atomic E-state index is 13.9. The Morgan fingerprint density at radius 2 is 1.82 bits per heavy atom. The molecular weight excluding hydrogens is 434 g/mol. The predicted octanol–water partition coefficient (Wildman–Crippen LogP) is 5.47. The highest BCUT2D eigenvalue weighted by atomic mass is 19.4. The van der Waals surface area contributed by atoms with Crippen molar-refractivity contribution in [2.45, 2.75) is 32.0 Å². The molecule has 0 spiro atoms. The van der Waals surface area contributed by atoms with Crippen molar-refractivity contribution in [2.75, 3.05) is 18.5 Å². The lowest BCUT2D eigenvalue weighted by molar-refractivity contribution is -0.141. The molecule has 0 aliphatic heterocycles. The molecule has 1 unspecified atom stereocenters. The van der Waals surface area contributed by atoms with Crippen molar-refractivity contribution in [3.63, 3.8) is 0 Å². The molecule has 8 heteroatoms. The molecule has 1 N–H and O–H groups in total. The van der Waals surface area contributed by atoms with E-state index < -0.39 is 17.9 Å². The summed E-state index contributed by atoms with van der Waals surface area (Å²) in [5.41, 5.74) is 1.63. The largest absolute Gasteiger partial charge is 0.433 e. The van der Waals surface area contributed by atoms with Crippen LogP contribution in [0.4, 0.5) is 23.2 Å². The van der Waals surface area contributed by atoms with E-state index in [0.29, 0.717) is 36.2 Å². The van der Waals surface area contributed by atoms with Crippen molar-refractivity contribution >= 4 is 11.6 Å². The number of alkyl halides is 3. The molecular formula is C25H25F4N3O. The van der Waals surface area contributed by atoms with Gasteiger partial charge in [0.2, 0.25) is 5.91 Å². The second-order valence-electron chi connectivity index (χ2n) is 7.71. The normalized spacial score (nSPS) is 12.3. The Kier molecular flexibility index (Phi) is 7.68. The van der Waals surface area contributed by atoms with Gasteiger partial charge in [0.25, 0.3) is 0 Å². The van der Waals surface area contributed by atoms with Crippen LogP contribution in [0.2, 0.25) is 0 Å². The SMILES string of the molecule is CNC(=O)C(c1ccccc1)N(CCCc1ccc(C(F)(F)F)nc1)c1ccc(F)c(C)c1. The van der Waals surface area contributed by atoms with Gasteiger partial charge < -0.3 is 10.2 Å². The third-order valence-corrected chi connectivity index (χ3v) is 5.37. The zero-order valence-corrected chi connectivity index (χ0v) is 18.4. The summed E-state index contributed by atoms with van der Waals surface area (Å²) in [5, 5.41) is 2.70. The van der Waals surface area contributed by atoms with Crippen LogP contribution in [0.5, 0.6) is 0 Å². The highest BCUT2D eigenvalue weighted by Gasteiger charge is 2.32. The zero-order chi connectivity index (χ0) is 24.0. The molecule has 0 bridgehead atoms. The number of aromatic nitrogens is 1. The molecule has 174 valence electrons. The second-order valence-corrected chi connectivity index (χ2v) is 7.71. The Hall–Kier alpha value is -3.42. The lowest BCUT2D eigenvalue weighted by Gasteiger charge is -2.33.